The van der Waals surface area contributed by atoms with Crippen LogP contribution < -0.4 is 4.90 Å². The molecule has 1 N–H and O–H groups in total. The van der Waals surface area contributed by atoms with Gasteiger partial charge in [0, 0.05) is 7.05 Å². The third-order valence-corrected chi connectivity index (χ3v) is 2.41. The van der Waals surface area contributed by atoms with Crippen molar-refractivity contribution in [1.29, 1.82) is 0 Å². The Hall–Kier alpha value is -2.45. The molecule has 100 valence electrons. The van der Waals surface area contributed by atoms with E-state index in [1.807, 2.05) is 0 Å². The molecular weight excluding hydrogens is 263 g/mol. The van der Waals surface area contributed by atoms with Crippen LogP contribution in [-0.4, -0.2) is 33.3 Å². The van der Waals surface area contributed by atoms with Crippen LogP contribution in [0.1, 0.15) is 16.1 Å². The fourth-order valence-electron chi connectivity index (χ4n) is 1.44. The number of carbonyl (C=O) groups excluding carboxylic acids is 1. The summed E-state index contributed by atoms with van der Waals surface area (Å²) in [7, 11) is 1.34. The summed E-state index contributed by atoms with van der Waals surface area (Å²) < 4.78 is 37.9. The van der Waals surface area contributed by atoms with Gasteiger partial charge in [0.15, 0.2) is 5.69 Å². The standard InChI is InChI=1S/C10H8F3N5O/c1-18(6-2-3-14-15-4-6)9(19)7-5-16-17-8(7)10(11,12)13/h2-5H,1H3,(H,16,17). The zero-order valence-electron chi connectivity index (χ0n) is 9.64. The lowest BCUT2D eigenvalue weighted by atomic mass is 10.2. The summed E-state index contributed by atoms with van der Waals surface area (Å²) >= 11 is 0. The number of rotatable bonds is 2. The van der Waals surface area contributed by atoms with Crippen LogP contribution >= 0.6 is 0 Å². The van der Waals surface area contributed by atoms with Crippen LogP contribution in [0.15, 0.2) is 24.7 Å². The molecule has 6 nitrogen and oxygen atoms in total. The molecule has 0 radical (unpaired) electrons. The van der Waals surface area contributed by atoms with Crippen molar-refractivity contribution in [3.05, 3.63) is 35.9 Å². The van der Waals surface area contributed by atoms with Gasteiger partial charge in [-0.25, -0.2) is 0 Å². The average molecular weight is 271 g/mol. The summed E-state index contributed by atoms with van der Waals surface area (Å²) in [5.41, 5.74) is -1.40. The lowest BCUT2D eigenvalue weighted by molar-refractivity contribution is -0.141. The van der Waals surface area contributed by atoms with E-state index in [1.165, 1.54) is 25.5 Å². The largest absolute Gasteiger partial charge is 0.433 e. The number of nitrogens with one attached hydrogen (secondary N) is 1. The van der Waals surface area contributed by atoms with Crippen molar-refractivity contribution in [2.24, 2.45) is 0 Å². The lowest BCUT2D eigenvalue weighted by Crippen LogP contribution is -2.28. The average Bonchev–Trinajstić information content (AvgIpc) is 2.87. The van der Waals surface area contributed by atoms with E-state index in [1.54, 1.807) is 5.10 Å². The minimum Gasteiger partial charge on any atom is -0.310 e. The molecule has 1 amide bonds. The number of amides is 1. The van der Waals surface area contributed by atoms with Crippen LogP contribution in [0.2, 0.25) is 0 Å². The predicted octanol–water partition coefficient (Wildman–Crippen LogP) is 1.50. The number of anilines is 1. The van der Waals surface area contributed by atoms with Gasteiger partial charge in [-0.3, -0.25) is 9.89 Å². The zero-order valence-corrected chi connectivity index (χ0v) is 9.64. The van der Waals surface area contributed by atoms with Gasteiger partial charge in [-0.1, -0.05) is 0 Å². The zero-order chi connectivity index (χ0) is 14.0. The molecule has 9 heteroatoms. The number of aromatic nitrogens is 4. The summed E-state index contributed by atoms with van der Waals surface area (Å²) in [6, 6.07) is 1.46. The Labute approximate surface area is 105 Å². The van der Waals surface area contributed by atoms with E-state index in [0.717, 1.165) is 11.1 Å². The first kappa shape index (κ1) is 13.0. The summed E-state index contributed by atoms with van der Waals surface area (Å²) in [4.78, 5) is 13.0. The van der Waals surface area contributed by atoms with Crippen LogP contribution in [0.4, 0.5) is 18.9 Å². The fourth-order valence-corrected chi connectivity index (χ4v) is 1.44. The number of H-pyrrole nitrogens is 1. The number of hydrogen-bond donors (Lipinski definition) is 1. The van der Waals surface area contributed by atoms with Crippen molar-refractivity contribution < 1.29 is 18.0 Å². The second kappa shape index (κ2) is 4.67. The maximum absolute atomic E-state index is 12.6. The molecule has 0 saturated carbocycles. The highest BCUT2D eigenvalue weighted by molar-refractivity contribution is 6.06. The van der Waals surface area contributed by atoms with Crippen LogP contribution in [0.25, 0.3) is 0 Å². The van der Waals surface area contributed by atoms with Crippen molar-refractivity contribution in [1.82, 2.24) is 20.4 Å². The molecule has 0 saturated heterocycles. The minimum absolute atomic E-state index is 0.328. The van der Waals surface area contributed by atoms with E-state index in [-0.39, 0.29) is 0 Å². The maximum atomic E-state index is 12.6. The number of alkyl halides is 3. The molecule has 0 aromatic carbocycles. The smallest absolute Gasteiger partial charge is 0.310 e. The Morgan fingerprint density at radius 1 is 1.32 bits per heavy atom. The Balaban J connectivity index is 2.33. The summed E-state index contributed by atoms with van der Waals surface area (Å²) in [6.07, 6.45) is -1.22. The van der Waals surface area contributed by atoms with Gasteiger partial charge in [-0.05, 0) is 6.07 Å². The quantitative estimate of drug-likeness (QED) is 0.898. The third-order valence-electron chi connectivity index (χ3n) is 2.41. The highest BCUT2D eigenvalue weighted by Gasteiger charge is 2.38. The first-order valence-corrected chi connectivity index (χ1v) is 5.06. The molecule has 0 bridgehead atoms. The van der Waals surface area contributed by atoms with Gasteiger partial charge >= 0.3 is 6.18 Å². The highest BCUT2D eigenvalue weighted by Crippen LogP contribution is 2.30. The van der Waals surface area contributed by atoms with E-state index in [0.29, 0.717) is 5.69 Å². The van der Waals surface area contributed by atoms with Gasteiger partial charge in [0.2, 0.25) is 0 Å². The topological polar surface area (TPSA) is 74.8 Å². The molecule has 2 rings (SSSR count). The number of hydrogen-bond acceptors (Lipinski definition) is 4. The van der Waals surface area contributed by atoms with E-state index in [2.05, 4.69) is 15.3 Å². The predicted molar refractivity (Wildman–Crippen MR) is 58.4 cm³/mol. The summed E-state index contributed by atoms with van der Waals surface area (Å²) in [5, 5.41) is 12.1. The molecule has 0 fully saturated rings. The van der Waals surface area contributed by atoms with Crippen molar-refractivity contribution in [2.45, 2.75) is 6.18 Å². The van der Waals surface area contributed by atoms with Crippen molar-refractivity contribution in [3.8, 4) is 0 Å². The van der Waals surface area contributed by atoms with E-state index >= 15 is 0 Å². The first-order valence-electron chi connectivity index (χ1n) is 5.06. The normalized spacial score (nSPS) is 11.4. The summed E-state index contributed by atoms with van der Waals surface area (Å²) in [5.74, 6) is -0.839. The number of nitrogens with zero attached hydrogens (tertiary/aromatic N) is 4. The van der Waals surface area contributed by atoms with Gasteiger partial charge < -0.3 is 4.90 Å². The van der Waals surface area contributed by atoms with Gasteiger partial charge in [-0.2, -0.15) is 28.5 Å². The Kier molecular flexibility index (Phi) is 3.19. The number of aromatic amines is 1. The van der Waals surface area contributed by atoms with E-state index < -0.39 is 23.3 Å². The molecule has 2 aromatic heterocycles. The number of carbonyl (C=O) groups is 1. The highest BCUT2D eigenvalue weighted by atomic mass is 19.4. The molecular formula is C10H8F3N5O. The molecule has 0 spiro atoms. The Bertz CT molecular complexity index is 580. The van der Waals surface area contributed by atoms with Crippen LogP contribution in [0.3, 0.4) is 0 Å². The Morgan fingerprint density at radius 3 is 2.63 bits per heavy atom. The molecule has 0 unspecified atom stereocenters. The molecule has 19 heavy (non-hydrogen) atoms. The van der Waals surface area contributed by atoms with Gasteiger partial charge in [0.05, 0.1) is 29.8 Å². The molecule has 0 aliphatic heterocycles. The van der Waals surface area contributed by atoms with Gasteiger partial charge in [0.1, 0.15) is 0 Å². The van der Waals surface area contributed by atoms with E-state index in [9.17, 15) is 18.0 Å². The fraction of sp³-hybridized carbons (Fsp3) is 0.200. The monoisotopic (exact) mass is 271 g/mol. The first-order chi connectivity index (χ1) is 8.91. The minimum atomic E-state index is -4.67. The van der Waals surface area contributed by atoms with Crippen molar-refractivity contribution in [3.63, 3.8) is 0 Å². The number of halogens is 3. The third kappa shape index (κ3) is 2.54. The molecule has 0 atom stereocenters. The molecule has 2 heterocycles. The van der Waals surface area contributed by atoms with Gasteiger partial charge in [0.25, 0.3) is 5.91 Å². The Morgan fingerprint density at radius 2 is 2.05 bits per heavy atom. The van der Waals surface area contributed by atoms with Crippen LogP contribution in [0.5, 0.6) is 0 Å². The van der Waals surface area contributed by atoms with Crippen molar-refractivity contribution >= 4 is 11.6 Å². The summed E-state index contributed by atoms with van der Waals surface area (Å²) in [6.45, 7) is 0. The molecule has 0 aliphatic carbocycles. The second-order valence-electron chi connectivity index (χ2n) is 3.62. The SMILES string of the molecule is CN(C(=O)c1cn[nH]c1C(F)(F)F)c1ccnnc1. The lowest BCUT2D eigenvalue weighted by Gasteiger charge is -2.16. The van der Waals surface area contributed by atoms with Crippen LogP contribution in [-0.2, 0) is 6.18 Å². The van der Waals surface area contributed by atoms with Crippen LogP contribution in [0, 0.1) is 0 Å². The van der Waals surface area contributed by atoms with Gasteiger partial charge in [-0.15, -0.1) is 0 Å². The maximum Gasteiger partial charge on any atom is 0.433 e. The second-order valence-corrected chi connectivity index (χ2v) is 3.62. The van der Waals surface area contributed by atoms with Crippen molar-refractivity contribution in [2.75, 3.05) is 11.9 Å². The van der Waals surface area contributed by atoms with E-state index in [4.69, 9.17) is 0 Å². The molecule has 2 aromatic rings. The molecule has 0 aliphatic rings.